The SMILES string of the molecule is COC1CC(CC2CCN3C4CCCCC4C(=O)NC23)CCC1O. The quantitative estimate of drug-likeness (QED) is 0.826. The minimum atomic E-state index is -0.302. The summed E-state index contributed by atoms with van der Waals surface area (Å²) >= 11 is 0. The van der Waals surface area contributed by atoms with Gasteiger partial charge in [0.1, 0.15) is 0 Å². The van der Waals surface area contributed by atoms with Crippen LogP contribution < -0.4 is 5.32 Å². The van der Waals surface area contributed by atoms with Crippen molar-refractivity contribution in [1.29, 1.82) is 0 Å². The van der Waals surface area contributed by atoms with Gasteiger partial charge in [0.25, 0.3) is 0 Å². The monoisotopic (exact) mass is 336 g/mol. The van der Waals surface area contributed by atoms with Gasteiger partial charge in [-0.3, -0.25) is 9.69 Å². The topological polar surface area (TPSA) is 61.8 Å². The van der Waals surface area contributed by atoms with E-state index in [1.807, 2.05) is 0 Å². The molecule has 2 saturated carbocycles. The van der Waals surface area contributed by atoms with Crippen LogP contribution in [-0.2, 0) is 9.53 Å². The Balaban J connectivity index is 1.40. The summed E-state index contributed by atoms with van der Waals surface area (Å²) in [6.07, 6.45) is 9.95. The van der Waals surface area contributed by atoms with Gasteiger partial charge < -0.3 is 15.2 Å². The van der Waals surface area contributed by atoms with Crippen molar-refractivity contribution in [2.75, 3.05) is 13.7 Å². The summed E-state index contributed by atoms with van der Waals surface area (Å²) in [5.74, 6) is 1.72. The van der Waals surface area contributed by atoms with Crippen molar-refractivity contribution in [3.05, 3.63) is 0 Å². The fourth-order valence-electron chi connectivity index (χ4n) is 5.86. The Morgan fingerprint density at radius 2 is 2.04 bits per heavy atom. The number of amides is 1. The van der Waals surface area contributed by atoms with E-state index in [0.717, 1.165) is 38.6 Å². The molecule has 0 bridgehead atoms. The second-order valence-electron chi connectivity index (χ2n) is 8.45. The Morgan fingerprint density at radius 3 is 2.88 bits per heavy atom. The molecule has 0 aromatic rings. The zero-order valence-corrected chi connectivity index (χ0v) is 14.8. The van der Waals surface area contributed by atoms with E-state index in [4.69, 9.17) is 4.74 Å². The second kappa shape index (κ2) is 6.93. The van der Waals surface area contributed by atoms with Gasteiger partial charge >= 0.3 is 0 Å². The maximum absolute atomic E-state index is 12.6. The lowest BCUT2D eigenvalue weighted by molar-refractivity contribution is -0.137. The zero-order chi connectivity index (χ0) is 16.7. The van der Waals surface area contributed by atoms with Crippen LogP contribution in [0.5, 0.6) is 0 Å². The summed E-state index contributed by atoms with van der Waals surface area (Å²) in [7, 11) is 1.71. The van der Waals surface area contributed by atoms with Gasteiger partial charge in [0.15, 0.2) is 0 Å². The van der Waals surface area contributed by atoms with Crippen LogP contribution in [0.4, 0.5) is 0 Å². The number of methoxy groups -OCH3 is 1. The Labute approximate surface area is 145 Å². The highest BCUT2D eigenvalue weighted by Crippen LogP contribution is 2.41. The van der Waals surface area contributed by atoms with Gasteiger partial charge in [0.2, 0.25) is 5.91 Å². The van der Waals surface area contributed by atoms with E-state index < -0.39 is 0 Å². The normalized spacial score (nSPS) is 46.2. The molecule has 2 saturated heterocycles. The Bertz CT molecular complexity index is 472. The number of fused-ring (bicyclic) bond motifs is 3. The summed E-state index contributed by atoms with van der Waals surface area (Å²) in [6, 6.07) is 0.488. The van der Waals surface area contributed by atoms with Crippen LogP contribution in [0.2, 0.25) is 0 Å². The predicted octanol–water partition coefficient (Wildman–Crippen LogP) is 1.89. The highest BCUT2D eigenvalue weighted by molar-refractivity contribution is 5.80. The van der Waals surface area contributed by atoms with Crippen LogP contribution in [0.1, 0.15) is 57.8 Å². The van der Waals surface area contributed by atoms with Gasteiger partial charge in [0, 0.05) is 19.7 Å². The molecular formula is C19H32N2O3. The summed E-state index contributed by atoms with van der Waals surface area (Å²) < 4.78 is 5.46. The highest BCUT2D eigenvalue weighted by Gasteiger charge is 2.48. The third kappa shape index (κ3) is 2.99. The third-order valence-electron chi connectivity index (χ3n) is 7.15. The number of carbonyl (C=O) groups is 1. The molecule has 2 aliphatic heterocycles. The number of rotatable bonds is 3. The summed E-state index contributed by atoms with van der Waals surface area (Å²) in [5.41, 5.74) is 0. The van der Waals surface area contributed by atoms with Crippen molar-refractivity contribution in [2.24, 2.45) is 17.8 Å². The number of carbonyl (C=O) groups excluding carboxylic acids is 1. The lowest BCUT2D eigenvalue weighted by Crippen LogP contribution is -2.63. The number of ether oxygens (including phenoxy) is 1. The third-order valence-corrected chi connectivity index (χ3v) is 7.15. The molecule has 0 spiro atoms. The van der Waals surface area contributed by atoms with E-state index in [1.54, 1.807) is 7.11 Å². The highest BCUT2D eigenvalue weighted by atomic mass is 16.5. The minimum absolute atomic E-state index is 0.00933. The average Bonchev–Trinajstić information content (AvgIpc) is 3.00. The van der Waals surface area contributed by atoms with E-state index >= 15 is 0 Å². The molecule has 2 N–H and O–H groups in total. The van der Waals surface area contributed by atoms with Gasteiger partial charge in [-0.15, -0.1) is 0 Å². The molecule has 24 heavy (non-hydrogen) atoms. The first-order chi connectivity index (χ1) is 11.7. The molecule has 7 atom stereocenters. The Morgan fingerprint density at radius 1 is 1.21 bits per heavy atom. The predicted molar refractivity (Wildman–Crippen MR) is 91.3 cm³/mol. The van der Waals surface area contributed by atoms with Gasteiger partial charge in [-0.05, 0) is 56.8 Å². The second-order valence-corrected chi connectivity index (χ2v) is 8.45. The molecule has 0 radical (unpaired) electrons. The summed E-state index contributed by atoms with van der Waals surface area (Å²) in [6.45, 7) is 1.14. The molecule has 4 rings (SSSR count). The number of aliphatic hydroxyl groups is 1. The molecule has 4 aliphatic rings. The molecule has 5 nitrogen and oxygen atoms in total. The van der Waals surface area contributed by atoms with Crippen LogP contribution in [0, 0.1) is 17.8 Å². The van der Waals surface area contributed by atoms with Crippen LogP contribution in [-0.4, -0.2) is 54.0 Å². The Kier molecular flexibility index (Phi) is 4.85. The minimum Gasteiger partial charge on any atom is -0.390 e. The molecule has 4 fully saturated rings. The maximum Gasteiger partial charge on any atom is 0.225 e. The molecule has 136 valence electrons. The van der Waals surface area contributed by atoms with Crippen molar-refractivity contribution in [1.82, 2.24) is 10.2 Å². The van der Waals surface area contributed by atoms with Crippen LogP contribution in [0.25, 0.3) is 0 Å². The van der Waals surface area contributed by atoms with Crippen LogP contribution in [0.15, 0.2) is 0 Å². The van der Waals surface area contributed by atoms with E-state index in [2.05, 4.69) is 10.2 Å². The molecule has 0 aromatic heterocycles. The van der Waals surface area contributed by atoms with E-state index in [1.165, 1.54) is 25.7 Å². The maximum atomic E-state index is 12.6. The van der Waals surface area contributed by atoms with Crippen molar-refractivity contribution in [3.8, 4) is 0 Å². The standard InChI is InChI=1S/C19H32N2O3/c1-24-17-11-12(6-7-16(17)22)10-13-8-9-21-15-5-3-2-4-14(15)19(23)20-18(13)21/h12-18,22H,2-11H2,1H3,(H,20,23). The van der Waals surface area contributed by atoms with Crippen molar-refractivity contribution < 1.29 is 14.6 Å². The van der Waals surface area contributed by atoms with E-state index in [0.29, 0.717) is 23.8 Å². The molecule has 0 aromatic carbocycles. The average molecular weight is 336 g/mol. The fourth-order valence-corrected chi connectivity index (χ4v) is 5.86. The van der Waals surface area contributed by atoms with Gasteiger partial charge in [-0.25, -0.2) is 0 Å². The number of aliphatic hydroxyl groups excluding tert-OH is 1. The van der Waals surface area contributed by atoms with Crippen molar-refractivity contribution >= 4 is 5.91 Å². The van der Waals surface area contributed by atoms with Crippen molar-refractivity contribution in [2.45, 2.75) is 82.2 Å². The van der Waals surface area contributed by atoms with Crippen LogP contribution in [0.3, 0.4) is 0 Å². The zero-order valence-electron chi connectivity index (χ0n) is 14.8. The first kappa shape index (κ1) is 16.8. The fraction of sp³-hybridized carbons (Fsp3) is 0.947. The summed E-state index contributed by atoms with van der Waals surface area (Å²) in [5, 5.41) is 13.4. The number of hydrogen-bond acceptors (Lipinski definition) is 4. The number of hydrogen-bond donors (Lipinski definition) is 2. The van der Waals surface area contributed by atoms with Gasteiger partial charge in [0.05, 0.1) is 24.3 Å². The Hall–Kier alpha value is -0.650. The van der Waals surface area contributed by atoms with Crippen molar-refractivity contribution in [3.63, 3.8) is 0 Å². The summed E-state index contributed by atoms with van der Waals surface area (Å²) in [4.78, 5) is 15.2. The molecule has 2 aliphatic carbocycles. The number of nitrogens with zero attached hydrogens (tertiary/aromatic N) is 1. The lowest BCUT2D eigenvalue weighted by atomic mass is 9.78. The first-order valence-electron chi connectivity index (χ1n) is 9.94. The lowest BCUT2D eigenvalue weighted by Gasteiger charge is -2.46. The largest absolute Gasteiger partial charge is 0.390 e. The first-order valence-corrected chi connectivity index (χ1v) is 9.94. The molecule has 5 heteroatoms. The van der Waals surface area contributed by atoms with Crippen LogP contribution >= 0.6 is 0 Å². The number of nitrogens with one attached hydrogen (secondary N) is 1. The van der Waals surface area contributed by atoms with E-state index in [9.17, 15) is 9.90 Å². The molecule has 2 heterocycles. The van der Waals surface area contributed by atoms with Gasteiger partial charge in [-0.1, -0.05) is 12.8 Å². The van der Waals surface area contributed by atoms with Gasteiger partial charge in [-0.2, -0.15) is 0 Å². The van der Waals surface area contributed by atoms with E-state index in [-0.39, 0.29) is 24.3 Å². The molecule has 7 unspecified atom stereocenters. The smallest absolute Gasteiger partial charge is 0.225 e. The molecule has 1 amide bonds. The molecular weight excluding hydrogens is 304 g/mol.